The first-order valence-electron chi connectivity index (χ1n) is 14.9. The minimum atomic E-state index is -4.09. The molecule has 13 heteroatoms. The number of likely N-dealkylation sites (tertiary alicyclic amines) is 1. The molecule has 0 aromatic heterocycles. The Labute approximate surface area is 267 Å². The van der Waals surface area contributed by atoms with E-state index in [1.165, 1.54) is 17.0 Å². The Morgan fingerprint density at radius 2 is 1.58 bits per heavy atom. The molecule has 0 unspecified atom stereocenters. The topological polar surface area (TPSA) is 114 Å². The third-order valence-corrected chi connectivity index (χ3v) is 14.0. The van der Waals surface area contributed by atoms with Crippen molar-refractivity contribution < 1.29 is 36.0 Å². The van der Waals surface area contributed by atoms with E-state index >= 15 is 4.39 Å². The molecule has 45 heavy (non-hydrogen) atoms. The van der Waals surface area contributed by atoms with Crippen LogP contribution in [0.5, 0.6) is 0 Å². The first kappa shape index (κ1) is 36.6. The van der Waals surface area contributed by atoms with Crippen molar-refractivity contribution in [3.05, 3.63) is 48.0 Å². The molecule has 2 amide bonds. The maximum absolute atomic E-state index is 15.5. The van der Waals surface area contributed by atoms with Gasteiger partial charge in [-0.3, -0.25) is 9.69 Å². The van der Waals surface area contributed by atoms with Crippen molar-refractivity contribution in [2.75, 3.05) is 11.9 Å². The van der Waals surface area contributed by atoms with Gasteiger partial charge in [0.05, 0.1) is 16.7 Å². The van der Waals surface area contributed by atoms with Crippen molar-refractivity contribution in [3.63, 3.8) is 0 Å². The number of amides is 2. The molecule has 1 fully saturated rings. The summed E-state index contributed by atoms with van der Waals surface area (Å²) in [5.41, 5.74) is -1.74. The Morgan fingerprint density at radius 3 is 2.11 bits per heavy atom. The molecule has 2 aromatic rings. The van der Waals surface area contributed by atoms with E-state index in [1.807, 2.05) is 0 Å². The smallest absolute Gasteiger partial charge is 0.411 e. The number of carbonyl (C=O) groups is 2. The number of hydrogen-bond donors (Lipinski definition) is 2. The Balaban J connectivity index is 1.91. The lowest BCUT2D eigenvalue weighted by molar-refractivity contribution is -0.120. The van der Waals surface area contributed by atoms with Gasteiger partial charge in [-0.1, -0.05) is 26.8 Å². The van der Waals surface area contributed by atoms with Gasteiger partial charge in [0.25, 0.3) is 0 Å². The fourth-order valence-corrected chi connectivity index (χ4v) is 7.65. The van der Waals surface area contributed by atoms with Crippen LogP contribution in [0.4, 0.5) is 19.3 Å². The number of halogens is 2. The summed E-state index contributed by atoms with van der Waals surface area (Å²) in [5, 5.41) is 2.47. The molecule has 9 nitrogen and oxygen atoms in total. The molecule has 1 aliphatic rings. The van der Waals surface area contributed by atoms with Crippen LogP contribution < -0.4 is 10.0 Å². The lowest BCUT2D eigenvalue weighted by Gasteiger charge is -2.38. The largest absolute Gasteiger partial charge is 0.444 e. The highest BCUT2D eigenvalue weighted by molar-refractivity contribution is 7.89. The van der Waals surface area contributed by atoms with Crippen molar-refractivity contribution in [1.29, 1.82) is 0 Å². The number of hydrogen-bond acceptors (Lipinski definition) is 6. The first-order chi connectivity index (χ1) is 20.3. The Kier molecular flexibility index (Phi) is 10.4. The van der Waals surface area contributed by atoms with Gasteiger partial charge < -0.3 is 14.5 Å². The van der Waals surface area contributed by atoms with E-state index in [-0.39, 0.29) is 39.7 Å². The van der Waals surface area contributed by atoms with Crippen LogP contribution in [0.3, 0.4) is 0 Å². The zero-order chi connectivity index (χ0) is 34.3. The van der Waals surface area contributed by atoms with E-state index in [0.717, 1.165) is 24.3 Å². The standard InChI is InChI=1S/C32H47F2N3O6SSi/c1-30(2,3)36-44(40,41)27-15-13-21(33)17-23(27)20-12-14-25(24(34)16-20)35-28(38)26-18-22(43-45(10,11)32(7,8)9)19-37(26)29(39)42-31(4,5)6/h12-17,22,26,36H,18-19H2,1-11H3,(H,35,38)/t22-,26-/m1/s1. The third kappa shape index (κ3) is 9.33. The van der Waals surface area contributed by atoms with Gasteiger partial charge in [0.15, 0.2) is 8.32 Å². The zero-order valence-corrected chi connectivity index (χ0v) is 29.9. The van der Waals surface area contributed by atoms with Crippen molar-refractivity contribution in [2.45, 2.75) is 115 Å². The minimum Gasteiger partial charge on any atom is -0.444 e. The summed E-state index contributed by atoms with van der Waals surface area (Å²) in [4.78, 5) is 27.8. The minimum absolute atomic E-state index is 0.0407. The lowest BCUT2D eigenvalue weighted by atomic mass is 10.0. The molecular weight excluding hydrogens is 621 g/mol. The third-order valence-electron chi connectivity index (χ3n) is 7.67. The van der Waals surface area contributed by atoms with Gasteiger partial charge in [-0.05, 0) is 95.6 Å². The molecule has 250 valence electrons. The summed E-state index contributed by atoms with van der Waals surface area (Å²) in [5.74, 6) is -2.19. The second kappa shape index (κ2) is 12.7. The molecule has 2 atom stereocenters. The van der Waals surface area contributed by atoms with Crippen molar-refractivity contribution in [3.8, 4) is 11.1 Å². The number of nitrogens with zero attached hydrogens (tertiary/aromatic N) is 1. The predicted molar refractivity (Wildman–Crippen MR) is 174 cm³/mol. The quantitative estimate of drug-likeness (QED) is 0.306. The van der Waals surface area contributed by atoms with Crippen molar-refractivity contribution in [1.82, 2.24) is 9.62 Å². The highest BCUT2D eigenvalue weighted by Gasteiger charge is 2.46. The fourth-order valence-electron chi connectivity index (χ4n) is 4.67. The molecule has 0 saturated carbocycles. The van der Waals surface area contributed by atoms with E-state index in [1.54, 1.807) is 41.5 Å². The van der Waals surface area contributed by atoms with Crippen molar-refractivity contribution in [2.24, 2.45) is 0 Å². The first-order valence-corrected chi connectivity index (χ1v) is 19.3. The van der Waals surface area contributed by atoms with E-state index in [4.69, 9.17) is 9.16 Å². The van der Waals surface area contributed by atoms with Gasteiger partial charge >= 0.3 is 6.09 Å². The number of carbonyl (C=O) groups excluding carboxylic acids is 2. The van der Waals surface area contributed by atoms with Gasteiger partial charge in [-0.2, -0.15) is 0 Å². The molecule has 2 aromatic carbocycles. The van der Waals surface area contributed by atoms with Crippen LogP contribution in [-0.2, 0) is 24.0 Å². The molecule has 0 radical (unpaired) electrons. The van der Waals surface area contributed by atoms with E-state index < -0.39 is 65.3 Å². The molecule has 0 spiro atoms. The summed E-state index contributed by atoms with van der Waals surface area (Å²) >= 11 is 0. The zero-order valence-electron chi connectivity index (χ0n) is 28.1. The number of rotatable bonds is 7. The summed E-state index contributed by atoms with van der Waals surface area (Å²) in [6.45, 7) is 20.8. The number of benzene rings is 2. The lowest BCUT2D eigenvalue weighted by Crippen LogP contribution is -2.46. The van der Waals surface area contributed by atoms with Crippen LogP contribution >= 0.6 is 0 Å². The molecular formula is C32H47F2N3O6SSi. The van der Waals surface area contributed by atoms with Crippen LogP contribution in [0, 0.1) is 11.6 Å². The van der Waals surface area contributed by atoms with Crippen LogP contribution in [0.2, 0.25) is 18.1 Å². The van der Waals surface area contributed by atoms with Crippen LogP contribution in [0.1, 0.15) is 68.7 Å². The Morgan fingerprint density at radius 1 is 0.956 bits per heavy atom. The summed E-state index contributed by atoms with van der Waals surface area (Å²) in [6, 6.07) is 5.88. The second-order valence-electron chi connectivity index (χ2n) is 15.1. The number of anilines is 1. The van der Waals surface area contributed by atoms with Gasteiger partial charge in [0.2, 0.25) is 15.9 Å². The van der Waals surface area contributed by atoms with Gasteiger partial charge in [0.1, 0.15) is 23.3 Å². The van der Waals surface area contributed by atoms with E-state index in [2.05, 4.69) is 43.9 Å². The van der Waals surface area contributed by atoms with Crippen molar-refractivity contribution >= 4 is 36.0 Å². The summed E-state index contributed by atoms with van der Waals surface area (Å²) < 4.78 is 70.6. The molecule has 1 saturated heterocycles. The van der Waals surface area contributed by atoms with Crippen LogP contribution in [0.25, 0.3) is 11.1 Å². The predicted octanol–water partition coefficient (Wildman–Crippen LogP) is 7.05. The second-order valence-corrected chi connectivity index (χ2v) is 21.5. The average Bonchev–Trinajstić information content (AvgIpc) is 3.25. The fraction of sp³-hybridized carbons (Fsp3) is 0.562. The summed E-state index contributed by atoms with van der Waals surface area (Å²) in [7, 11) is -6.34. The maximum Gasteiger partial charge on any atom is 0.411 e. The van der Waals surface area contributed by atoms with Gasteiger partial charge in [-0.25, -0.2) is 26.7 Å². The Bertz CT molecular complexity index is 1550. The monoisotopic (exact) mass is 667 g/mol. The highest BCUT2D eigenvalue weighted by Crippen LogP contribution is 2.39. The van der Waals surface area contributed by atoms with Crippen LogP contribution in [-0.4, -0.2) is 63.5 Å². The molecule has 0 aliphatic carbocycles. The van der Waals surface area contributed by atoms with E-state index in [9.17, 15) is 22.4 Å². The number of nitrogens with one attached hydrogen (secondary N) is 2. The highest BCUT2D eigenvalue weighted by atomic mass is 32.2. The molecule has 3 rings (SSSR count). The summed E-state index contributed by atoms with van der Waals surface area (Å²) in [6.07, 6.45) is -0.900. The van der Waals surface area contributed by atoms with Gasteiger partial charge in [-0.15, -0.1) is 0 Å². The molecule has 1 aliphatic heterocycles. The van der Waals surface area contributed by atoms with Gasteiger partial charge in [0, 0.05) is 24.1 Å². The number of ether oxygens (including phenoxy) is 1. The van der Waals surface area contributed by atoms with E-state index in [0.29, 0.717) is 0 Å². The average molecular weight is 668 g/mol. The van der Waals surface area contributed by atoms with Crippen LogP contribution in [0.15, 0.2) is 41.3 Å². The SMILES string of the molecule is CC(C)(C)NS(=O)(=O)c1ccc(F)cc1-c1ccc(NC(=O)[C@H]2C[C@@H](O[Si](C)(C)C(C)(C)C)CN2C(=O)OC(C)(C)C)c(F)c1. The number of sulfonamides is 1. The molecule has 1 heterocycles. The normalized spacial score (nSPS) is 18.2. The Hall–Kier alpha value is -2.87. The molecule has 2 N–H and O–H groups in total. The maximum atomic E-state index is 15.5. The molecule has 0 bridgehead atoms.